The number of rotatable bonds is 3. The molecule has 2 aromatic rings. The van der Waals surface area contributed by atoms with Gasteiger partial charge in [0.1, 0.15) is 11.9 Å². The molecular formula is C15H11BrClFN2. The van der Waals surface area contributed by atoms with Crippen molar-refractivity contribution in [3.63, 3.8) is 0 Å². The molecule has 0 aliphatic carbocycles. The number of benzene rings is 2. The highest BCUT2D eigenvalue weighted by atomic mass is 79.9. The van der Waals surface area contributed by atoms with Gasteiger partial charge in [-0.2, -0.15) is 5.26 Å². The van der Waals surface area contributed by atoms with Crippen molar-refractivity contribution >= 4 is 33.2 Å². The number of hydrogen-bond donors (Lipinski definition) is 1. The Hall–Kier alpha value is -1.57. The van der Waals surface area contributed by atoms with E-state index in [-0.39, 0.29) is 11.9 Å². The van der Waals surface area contributed by atoms with Gasteiger partial charge in [-0.15, -0.1) is 0 Å². The average molecular weight is 354 g/mol. The molecule has 0 aliphatic rings. The Bertz CT molecular complexity index is 682. The van der Waals surface area contributed by atoms with E-state index in [0.717, 1.165) is 11.3 Å². The van der Waals surface area contributed by atoms with E-state index in [0.29, 0.717) is 15.1 Å². The van der Waals surface area contributed by atoms with E-state index >= 15 is 0 Å². The molecule has 102 valence electrons. The van der Waals surface area contributed by atoms with Crippen LogP contribution in [-0.4, -0.2) is 0 Å². The lowest BCUT2D eigenvalue weighted by Gasteiger charge is -2.17. The summed E-state index contributed by atoms with van der Waals surface area (Å²) < 4.78 is 13.8. The molecule has 1 N–H and O–H groups in total. The van der Waals surface area contributed by atoms with Crippen LogP contribution in [0.2, 0.25) is 5.02 Å². The van der Waals surface area contributed by atoms with Crippen LogP contribution < -0.4 is 5.32 Å². The Morgan fingerprint density at radius 3 is 2.70 bits per heavy atom. The minimum atomic E-state index is -0.286. The van der Waals surface area contributed by atoms with Crippen molar-refractivity contribution in [2.45, 2.75) is 13.0 Å². The molecule has 0 saturated heterocycles. The van der Waals surface area contributed by atoms with Gasteiger partial charge >= 0.3 is 0 Å². The summed E-state index contributed by atoms with van der Waals surface area (Å²) >= 11 is 9.24. The third-order valence-electron chi connectivity index (χ3n) is 2.90. The van der Waals surface area contributed by atoms with Gasteiger partial charge in [0.05, 0.1) is 10.6 Å². The first-order chi connectivity index (χ1) is 9.51. The molecule has 2 aromatic carbocycles. The molecule has 0 amide bonds. The molecule has 2 rings (SSSR count). The van der Waals surface area contributed by atoms with Crippen LogP contribution in [0.5, 0.6) is 0 Å². The second-order valence-corrected chi connectivity index (χ2v) is 5.60. The van der Waals surface area contributed by atoms with E-state index in [1.165, 1.54) is 12.1 Å². The van der Waals surface area contributed by atoms with Crippen LogP contribution in [-0.2, 0) is 0 Å². The van der Waals surface area contributed by atoms with Gasteiger partial charge in [-0.3, -0.25) is 0 Å². The molecule has 0 bridgehead atoms. The summed E-state index contributed by atoms with van der Waals surface area (Å²) in [4.78, 5) is 0. The third kappa shape index (κ3) is 3.30. The van der Waals surface area contributed by atoms with Crippen LogP contribution in [0.25, 0.3) is 0 Å². The van der Waals surface area contributed by atoms with Crippen molar-refractivity contribution in [3.8, 4) is 6.07 Å². The summed E-state index contributed by atoms with van der Waals surface area (Å²) in [6, 6.07) is 11.7. The van der Waals surface area contributed by atoms with E-state index in [4.69, 9.17) is 16.9 Å². The number of nitriles is 1. The summed E-state index contributed by atoms with van der Waals surface area (Å²) in [5, 5.41) is 12.6. The first-order valence-electron chi connectivity index (χ1n) is 5.92. The van der Waals surface area contributed by atoms with E-state index in [2.05, 4.69) is 21.2 Å². The molecule has 0 spiro atoms. The Labute approximate surface area is 130 Å². The van der Waals surface area contributed by atoms with E-state index in [1.807, 2.05) is 13.0 Å². The van der Waals surface area contributed by atoms with Crippen LogP contribution in [0.3, 0.4) is 0 Å². The van der Waals surface area contributed by atoms with Crippen molar-refractivity contribution in [3.05, 3.63) is 62.8 Å². The average Bonchev–Trinajstić information content (AvgIpc) is 2.40. The second kappa shape index (κ2) is 6.25. The van der Waals surface area contributed by atoms with Gasteiger partial charge in [0.15, 0.2) is 0 Å². The largest absolute Gasteiger partial charge is 0.378 e. The van der Waals surface area contributed by atoms with Crippen molar-refractivity contribution in [2.24, 2.45) is 0 Å². The van der Waals surface area contributed by atoms with Crippen molar-refractivity contribution < 1.29 is 4.39 Å². The second-order valence-electron chi connectivity index (χ2n) is 4.34. The molecule has 0 fully saturated rings. The standard InChI is InChI=1S/C15H11BrClFN2/c1-9(13-4-2-11(18)7-14(13)16)20-12-3-5-15(17)10(6-12)8-19/h2-7,9,20H,1H3. The number of anilines is 1. The van der Waals surface area contributed by atoms with Crippen molar-refractivity contribution in [1.82, 2.24) is 0 Å². The summed E-state index contributed by atoms with van der Waals surface area (Å²) in [6.45, 7) is 1.96. The Kier molecular flexibility index (Phi) is 4.64. The van der Waals surface area contributed by atoms with Gasteiger partial charge in [-0.1, -0.05) is 33.6 Å². The lowest BCUT2D eigenvalue weighted by atomic mass is 10.1. The maximum Gasteiger partial charge on any atom is 0.124 e. The summed E-state index contributed by atoms with van der Waals surface area (Å²) in [7, 11) is 0. The highest BCUT2D eigenvalue weighted by molar-refractivity contribution is 9.10. The molecule has 1 unspecified atom stereocenters. The monoisotopic (exact) mass is 352 g/mol. The first-order valence-corrected chi connectivity index (χ1v) is 7.09. The molecule has 0 radical (unpaired) electrons. The minimum absolute atomic E-state index is 0.0438. The predicted molar refractivity (Wildman–Crippen MR) is 82.3 cm³/mol. The van der Waals surface area contributed by atoms with Gasteiger partial charge in [-0.05, 0) is 42.8 Å². The highest BCUT2D eigenvalue weighted by Gasteiger charge is 2.11. The molecule has 0 heterocycles. The SMILES string of the molecule is CC(Nc1ccc(Cl)c(C#N)c1)c1ccc(F)cc1Br. The van der Waals surface area contributed by atoms with Crippen LogP contribution in [0.1, 0.15) is 24.1 Å². The molecule has 20 heavy (non-hydrogen) atoms. The lowest BCUT2D eigenvalue weighted by Crippen LogP contribution is -2.07. The van der Waals surface area contributed by atoms with Gasteiger partial charge in [0.2, 0.25) is 0 Å². The first kappa shape index (κ1) is 14.8. The number of nitrogens with one attached hydrogen (secondary N) is 1. The molecule has 0 aromatic heterocycles. The zero-order valence-corrected chi connectivity index (χ0v) is 13.0. The molecule has 1 atom stereocenters. The maximum absolute atomic E-state index is 13.1. The van der Waals surface area contributed by atoms with E-state index in [9.17, 15) is 4.39 Å². The third-order valence-corrected chi connectivity index (χ3v) is 3.92. The quantitative estimate of drug-likeness (QED) is 0.814. The maximum atomic E-state index is 13.1. The van der Waals surface area contributed by atoms with Crippen LogP contribution >= 0.6 is 27.5 Å². The number of halogens is 3. The zero-order chi connectivity index (χ0) is 14.7. The van der Waals surface area contributed by atoms with Gasteiger partial charge in [0, 0.05) is 16.2 Å². The summed E-state index contributed by atoms with van der Waals surface area (Å²) in [6.07, 6.45) is 0. The molecule has 0 aliphatic heterocycles. The minimum Gasteiger partial charge on any atom is -0.378 e. The summed E-state index contributed by atoms with van der Waals surface area (Å²) in [5.41, 5.74) is 2.14. The topological polar surface area (TPSA) is 35.8 Å². The van der Waals surface area contributed by atoms with E-state index in [1.54, 1.807) is 24.3 Å². The highest BCUT2D eigenvalue weighted by Crippen LogP contribution is 2.28. The Morgan fingerprint density at radius 1 is 1.30 bits per heavy atom. The van der Waals surface area contributed by atoms with Gasteiger partial charge < -0.3 is 5.32 Å². The number of nitrogens with zero attached hydrogens (tertiary/aromatic N) is 1. The van der Waals surface area contributed by atoms with Crippen LogP contribution in [0.4, 0.5) is 10.1 Å². The fourth-order valence-electron chi connectivity index (χ4n) is 1.88. The van der Waals surface area contributed by atoms with Crippen LogP contribution in [0, 0.1) is 17.1 Å². The molecular weight excluding hydrogens is 343 g/mol. The van der Waals surface area contributed by atoms with E-state index < -0.39 is 0 Å². The Morgan fingerprint density at radius 2 is 2.05 bits per heavy atom. The molecule has 5 heteroatoms. The molecule has 2 nitrogen and oxygen atoms in total. The van der Waals surface area contributed by atoms with Crippen LogP contribution in [0.15, 0.2) is 40.9 Å². The fraction of sp³-hybridized carbons (Fsp3) is 0.133. The normalized spacial score (nSPS) is 11.8. The predicted octanol–water partition coefficient (Wildman–Crippen LogP) is 5.29. The van der Waals surface area contributed by atoms with Gasteiger partial charge in [0.25, 0.3) is 0 Å². The van der Waals surface area contributed by atoms with Crippen molar-refractivity contribution in [2.75, 3.05) is 5.32 Å². The summed E-state index contributed by atoms with van der Waals surface area (Å²) in [5.74, 6) is -0.286. The van der Waals surface area contributed by atoms with Gasteiger partial charge in [-0.25, -0.2) is 4.39 Å². The smallest absolute Gasteiger partial charge is 0.124 e. The Balaban J connectivity index is 2.23. The zero-order valence-electron chi connectivity index (χ0n) is 10.6. The molecule has 0 saturated carbocycles. The number of hydrogen-bond acceptors (Lipinski definition) is 2. The lowest BCUT2D eigenvalue weighted by molar-refractivity contribution is 0.625. The van der Waals surface area contributed by atoms with Crippen molar-refractivity contribution in [1.29, 1.82) is 5.26 Å². The fourth-order valence-corrected chi connectivity index (χ4v) is 2.74.